The number of aromatic nitrogens is 2. The first-order chi connectivity index (χ1) is 12.5. The van der Waals surface area contributed by atoms with E-state index in [4.69, 9.17) is 0 Å². The molecule has 0 radical (unpaired) electrons. The zero-order valence-electron chi connectivity index (χ0n) is 14.1. The zero-order chi connectivity index (χ0) is 20.2. The normalized spacial score (nSPS) is 12.0. The van der Waals surface area contributed by atoms with Crippen molar-refractivity contribution < 1.29 is 26.4 Å². The summed E-state index contributed by atoms with van der Waals surface area (Å²) in [4.78, 5) is 12.2. The Morgan fingerprint density at radius 2 is 2.04 bits per heavy atom. The van der Waals surface area contributed by atoms with E-state index in [1.54, 1.807) is 0 Å². The quantitative estimate of drug-likeness (QED) is 0.526. The van der Waals surface area contributed by atoms with E-state index in [0.29, 0.717) is 14.7 Å². The third kappa shape index (κ3) is 6.07. The molecule has 0 saturated carbocycles. The Bertz CT molecular complexity index is 916. The maximum Gasteiger partial charge on any atom is 0.416 e. The van der Waals surface area contributed by atoms with Gasteiger partial charge in [0.15, 0.2) is 4.34 Å². The Morgan fingerprint density at radius 1 is 1.33 bits per heavy atom. The number of carbonyl (C=O) groups is 1. The van der Waals surface area contributed by atoms with Gasteiger partial charge < -0.3 is 0 Å². The number of nitrogens with zero attached hydrogens (tertiary/aromatic N) is 3. The van der Waals surface area contributed by atoms with Crippen LogP contribution in [0.3, 0.4) is 0 Å². The second-order valence-corrected chi connectivity index (χ2v) is 9.57. The minimum Gasteiger partial charge on any atom is -0.299 e. The van der Waals surface area contributed by atoms with Crippen molar-refractivity contribution in [3.05, 3.63) is 29.8 Å². The second-order valence-electron chi connectivity index (χ2n) is 5.17. The van der Waals surface area contributed by atoms with E-state index in [2.05, 4.69) is 15.5 Å². The molecule has 1 aromatic carbocycles. The molecule has 0 atom stereocenters. The maximum atomic E-state index is 12.9. The van der Waals surface area contributed by atoms with Crippen LogP contribution >= 0.6 is 23.1 Å². The Morgan fingerprint density at radius 3 is 2.63 bits per heavy atom. The molecule has 0 aliphatic carbocycles. The van der Waals surface area contributed by atoms with Crippen LogP contribution in [0.4, 0.5) is 24.0 Å². The number of amides is 1. The number of hydrogen-bond donors (Lipinski definition) is 1. The molecule has 1 amide bonds. The lowest BCUT2D eigenvalue weighted by molar-refractivity contribution is -0.137. The molecule has 27 heavy (non-hydrogen) atoms. The van der Waals surface area contributed by atoms with Crippen molar-refractivity contribution in [3.63, 3.8) is 0 Å². The zero-order valence-corrected chi connectivity index (χ0v) is 16.6. The molecule has 0 aliphatic rings. The van der Waals surface area contributed by atoms with Gasteiger partial charge in [0.25, 0.3) is 0 Å². The topological polar surface area (TPSA) is 92.3 Å². The van der Waals surface area contributed by atoms with E-state index >= 15 is 0 Å². The molecule has 0 fully saturated rings. The molecule has 1 heterocycles. The first-order valence-electron chi connectivity index (χ1n) is 7.42. The summed E-state index contributed by atoms with van der Waals surface area (Å²) in [5.74, 6) is 0.0158. The fraction of sp³-hybridized carbons (Fsp3) is 0.357. The minimum atomic E-state index is -4.64. The van der Waals surface area contributed by atoms with Crippen LogP contribution in [0.1, 0.15) is 12.5 Å². The van der Waals surface area contributed by atoms with Gasteiger partial charge in [-0.15, -0.1) is 10.2 Å². The largest absolute Gasteiger partial charge is 0.416 e. The summed E-state index contributed by atoms with van der Waals surface area (Å²) in [6.07, 6.45) is -3.83. The minimum absolute atomic E-state index is 0.174. The van der Waals surface area contributed by atoms with Gasteiger partial charge >= 0.3 is 6.18 Å². The molecule has 148 valence electrons. The van der Waals surface area contributed by atoms with Crippen LogP contribution in [0.2, 0.25) is 0 Å². The van der Waals surface area contributed by atoms with Gasteiger partial charge in [0, 0.05) is 0 Å². The predicted octanol–water partition coefficient (Wildman–Crippen LogP) is 3.07. The first-order valence-corrected chi connectivity index (χ1v) is 11.1. The molecular formula is C14H15F3N4O3S3. The van der Waals surface area contributed by atoms with Gasteiger partial charge in [-0.05, 0) is 24.0 Å². The highest BCUT2D eigenvalue weighted by Gasteiger charge is 2.32. The van der Waals surface area contributed by atoms with Crippen molar-refractivity contribution in [1.29, 1.82) is 0 Å². The van der Waals surface area contributed by atoms with Crippen LogP contribution < -0.4 is 9.62 Å². The first kappa shape index (κ1) is 21.4. The molecule has 0 bridgehead atoms. The summed E-state index contributed by atoms with van der Waals surface area (Å²) in [6.45, 7) is 1.22. The molecule has 0 unspecified atom stereocenters. The Labute approximate surface area is 162 Å². The summed E-state index contributed by atoms with van der Waals surface area (Å²) in [6, 6.07) is 3.76. The number of carbonyl (C=O) groups excluding carboxylic acids is 1. The maximum absolute atomic E-state index is 12.9. The van der Waals surface area contributed by atoms with Crippen molar-refractivity contribution in [2.75, 3.05) is 28.2 Å². The summed E-state index contributed by atoms with van der Waals surface area (Å²) in [5, 5.41) is 10.2. The van der Waals surface area contributed by atoms with E-state index in [-0.39, 0.29) is 10.8 Å². The van der Waals surface area contributed by atoms with Crippen LogP contribution in [0.25, 0.3) is 0 Å². The highest BCUT2D eigenvalue weighted by molar-refractivity contribution is 8.01. The predicted molar refractivity (Wildman–Crippen MR) is 98.6 cm³/mol. The van der Waals surface area contributed by atoms with Gasteiger partial charge in [-0.2, -0.15) is 13.2 Å². The molecule has 13 heteroatoms. The summed E-state index contributed by atoms with van der Waals surface area (Å²) >= 11 is 2.54. The van der Waals surface area contributed by atoms with Gasteiger partial charge in [-0.1, -0.05) is 36.1 Å². The Hall–Kier alpha value is -1.86. The number of alkyl halides is 3. The average molecular weight is 440 g/mol. The van der Waals surface area contributed by atoms with Crippen LogP contribution in [-0.4, -0.2) is 43.1 Å². The number of halogens is 3. The SMILES string of the molecule is CCSc1nnc(NC(=O)CN(c2cccc(C(F)(F)F)c2)S(C)(=O)=O)s1. The molecular weight excluding hydrogens is 425 g/mol. The van der Waals surface area contributed by atoms with Crippen molar-refractivity contribution in [2.45, 2.75) is 17.4 Å². The van der Waals surface area contributed by atoms with Gasteiger partial charge in [-0.3, -0.25) is 14.4 Å². The molecule has 1 N–H and O–H groups in total. The van der Waals surface area contributed by atoms with Crippen molar-refractivity contribution in [1.82, 2.24) is 10.2 Å². The third-order valence-corrected chi connectivity index (χ3v) is 6.06. The Kier molecular flexibility index (Phi) is 6.70. The van der Waals surface area contributed by atoms with Gasteiger partial charge in [0.05, 0.1) is 17.5 Å². The fourth-order valence-electron chi connectivity index (χ4n) is 1.97. The molecule has 0 spiro atoms. The lowest BCUT2D eigenvalue weighted by Crippen LogP contribution is -2.37. The lowest BCUT2D eigenvalue weighted by atomic mass is 10.2. The van der Waals surface area contributed by atoms with E-state index in [1.165, 1.54) is 17.8 Å². The standard InChI is InChI=1S/C14H15F3N4O3S3/c1-3-25-13-20-19-12(26-13)18-11(22)8-21(27(2,23)24)10-6-4-5-9(7-10)14(15,16)17/h4-7H,3,8H2,1-2H3,(H,18,19,22). The number of nitrogens with one attached hydrogen (secondary N) is 1. The van der Waals surface area contributed by atoms with Crippen LogP contribution in [-0.2, 0) is 21.0 Å². The van der Waals surface area contributed by atoms with Crippen molar-refractivity contribution in [3.8, 4) is 0 Å². The lowest BCUT2D eigenvalue weighted by Gasteiger charge is -2.22. The number of hydrogen-bond acceptors (Lipinski definition) is 7. The van der Waals surface area contributed by atoms with E-state index in [1.807, 2.05) is 6.92 Å². The van der Waals surface area contributed by atoms with Gasteiger partial charge in [0.2, 0.25) is 21.1 Å². The Balaban J connectivity index is 2.21. The van der Waals surface area contributed by atoms with E-state index in [0.717, 1.165) is 35.5 Å². The van der Waals surface area contributed by atoms with Crippen molar-refractivity contribution in [2.24, 2.45) is 0 Å². The van der Waals surface area contributed by atoms with Crippen LogP contribution in [0.5, 0.6) is 0 Å². The summed E-state index contributed by atoms with van der Waals surface area (Å²) < 4.78 is 63.9. The molecule has 7 nitrogen and oxygen atoms in total. The fourth-order valence-corrected chi connectivity index (χ4v) is 4.48. The van der Waals surface area contributed by atoms with Gasteiger partial charge in [-0.25, -0.2) is 8.42 Å². The highest BCUT2D eigenvalue weighted by atomic mass is 32.2. The summed E-state index contributed by atoms with van der Waals surface area (Å²) in [5.41, 5.74) is -1.28. The molecule has 0 aliphatic heterocycles. The number of sulfonamides is 1. The summed E-state index contributed by atoms with van der Waals surface area (Å²) in [7, 11) is -4.00. The van der Waals surface area contributed by atoms with E-state index < -0.39 is 34.2 Å². The van der Waals surface area contributed by atoms with Crippen molar-refractivity contribution >= 4 is 49.8 Å². The smallest absolute Gasteiger partial charge is 0.299 e. The molecule has 2 aromatic rings. The molecule has 0 saturated heterocycles. The number of thioether (sulfide) groups is 1. The third-order valence-electron chi connectivity index (χ3n) is 3.07. The number of rotatable bonds is 7. The number of anilines is 2. The molecule has 2 rings (SSSR count). The second kappa shape index (κ2) is 8.44. The van der Waals surface area contributed by atoms with Gasteiger partial charge in [0.1, 0.15) is 6.54 Å². The monoisotopic (exact) mass is 440 g/mol. The molecule has 1 aromatic heterocycles. The van der Waals surface area contributed by atoms with Crippen LogP contribution in [0.15, 0.2) is 28.6 Å². The highest BCUT2D eigenvalue weighted by Crippen LogP contribution is 2.32. The number of benzene rings is 1. The van der Waals surface area contributed by atoms with E-state index in [9.17, 15) is 26.4 Å². The van der Waals surface area contributed by atoms with Crippen LogP contribution in [0, 0.1) is 0 Å². The average Bonchev–Trinajstić information content (AvgIpc) is 2.98.